The van der Waals surface area contributed by atoms with Crippen molar-refractivity contribution in [2.75, 3.05) is 7.11 Å². The van der Waals surface area contributed by atoms with E-state index in [1.54, 1.807) is 0 Å². The first-order chi connectivity index (χ1) is 6.74. The standard InChI is InChI=1S/C11H12O3/c1-14-8-10(11(12)13)7-9-5-3-2-4-6-9/h2-6,8H,7H2,1H3,(H,12,13). The molecule has 1 aromatic carbocycles. The summed E-state index contributed by atoms with van der Waals surface area (Å²) in [4.78, 5) is 10.7. The van der Waals surface area contributed by atoms with Gasteiger partial charge in [-0.1, -0.05) is 30.3 Å². The molecular weight excluding hydrogens is 180 g/mol. The summed E-state index contributed by atoms with van der Waals surface area (Å²) in [5, 5.41) is 8.82. The topological polar surface area (TPSA) is 46.5 Å². The van der Waals surface area contributed by atoms with Crippen LogP contribution >= 0.6 is 0 Å². The fraction of sp³-hybridized carbons (Fsp3) is 0.182. The molecule has 0 aromatic heterocycles. The van der Waals surface area contributed by atoms with E-state index in [0.717, 1.165) is 5.56 Å². The van der Waals surface area contributed by atoms with E-state index >= 15 is 0 Å². The predicted molar refractivity (Wildman–Crippen MR) is 52.9 cm³/mol. The van der Waals surface area contributed by atoms with Crippen molar-refractivity contribution in [2.45, 2.75) is 6.42 Å². The first-order valence-electron chi connectivity index (χ1n) is 4.23. The number of benzene rings is 1. The summed E-state index contributed by atoms with van der Waals surface area (Å²) in [6, 6.07) is 9.41. The van der Waals surface area contributed by atoms with Gasteiger partial charge in [0.2, 0.25) is 0 Å². The minimum absolute atomic E-state index is 0.249. The molecule has 3 heteroatoms. The average molecular weight is 192 g/mol. The fourth-order valence-corrected chi connectivity index (χ4v) is 1.13. The Morgan fingerprint density at radius 2 is 2.07 bits per heavy atom. The van der Waals surface area contributed by atoms with Gasteiger partial charge in [0.05, 0.1) is 18.9 Å². The smallest absolute Gasteiger partial charge is 0.335 e. The third kappa shape index (κ3) is 2.94. The van der Waals surface area contributed by atoms with Gasteiger partial charge < -0.3 is 9.84 Å². The molecule has 74 valence electrons. The molecule has 0 radical (unpaired) electrons. The molecule has 0 amide bonds. The van der Waals surface area contributed by atoms with Crippen molar-refractivity contribution in [3.05, 3.63) is 47.7 Å². The second-order valence-corrected chi connectivity index (χ2v) is 2.85. The van der Waals surface area contributed by atoms with Crippen LogP contribution in [0.3, 0.4) is 0 Å². The van der Waals surface area contributed by atoms with Crippen molar-refractivity contribution < 1.29 is 14.6 Å². The molecule has 0 heterocycles. The zero-order chi connectivity index (χ0) is 10.4. The molecule has 1 aromatic rings. The molecule has 0 spiro atoms. The van der Waals surface area contributed by atoms with Gasteiger partial charge in [-0.2, -0.15) is 0 Å². The van der Waals surface area contributed by atoms with Crippen LogP contribution in [-0.2, 0) is 16.0 Å². The van der Waals surface area contributed by atoms with Crippen LogP contribution in [0.2, 0.25) is 0 Å². The van der Waals surface area contributed by atoms with Gasteiger partial charge >= 0.3 is 5.97 Å². The van der Waals surface area contributed by atoms with Gasteiger partial charge in [0.1, 0.15) is 0 Å². The summed E-state index contributed by atoms with van der Waals surface area (Å²) >= 11 is 0. The molecular formula is C11H12O3. The van der Waals surface area contributed by atoms with E-state index in [4.69, 9.17) is 9.84 Å². The number of methoxy groups -OCH3 is 1. The van der Waals surface area contributed by atoms with Crippen LogP contribution in [0.15, 0.2) is 42.2 Å². The number of carbonyl (C=O) groups is 1. The number of aliphatic carboxylic acids is 1. The molecule has 1 N–H and O–H groups in total. The van der Waals surface area contributed by atoms with Crippen LogP contribution in [-0.4, -0.2) is 18.2 Å². The number of hydrogen-bond donors (Lipinski definition) is 1. The number of carboxylic acids is 1. The van der Waals surface area contributed by atoms with Crippen LogP contribution < -0.4 is 0 Å². The van der Waals surface area contributed by atoms with Crippen molar-refractivity contribution in [3.63, 3.8) is 0 Å². The van der Waals surface area contributed by atoms with E-state index in [2.05, 4.69) is 0 Å². The molecule has 14 heavy (non-hydrogen) atoms. The van der Waals surface area contributed by atoms with E-state index in [-0.39, 0.29) is 5.57 Å². The Balaban J connectivity index is 2.76. The number of rotatable bonds is 4. The molecule has 0 aliphatic heterocycles. The zero-order valence-corrected chi connectivity index (χ0v) is 7.93. The lowest BCUT2D eigenvalue weighted by Gasteiger charge is -2.01. The summed E-state index contributed by atoms with van der Waals surface area (Å²) in [5.74, 6) is -0.948. The number of hydrogen-bond acceptors (Lipinski definition) is 2. The Labute approximate surface area is 82.6 Å². The summed E-state index contributed by atoms with van der Waals surface area (Å²) < 4.78 is 4.69. The Morgan fingerprint density at radius 3 is 2.57 bits per heavy atom. The van der Waals surface area contributed by atoms with Crippen LogP contribution in [0.1, 0.15) is 5.56 Å². The Hall–Kier alpha value is -1.77. The first kappa shape index (κ1) is 10.3. The van der Waals surface area contributed by atoms with Crippen molar-refractivity contribution in [1.82, 2.24) is 0 Å². The Morgan fingerprint density at radius 1 is 1.43 bits per heavy atom. The molecule has 0 fully saturated rings. The zero-order valence-electron chi connectivity index (χ0n) is 7.93. The maximum Gasteiger partial charge on any atom is 0.335 e. The average Bonchev–Trinajstić information content (AvgIpc) is 2.18. The van der Waals surface area contributed by atoms with Gasteiger partial charge in [0.15, 0.2) is 0 Å². The summed E-state index contributed by atoms with van der Waals surface area (Å²) in [6.07, 6.45) is 1.64. The van der Waals surface area contributed by atoms with Crippen molar-refractivity contribution in [3.8, 4) is 0 Å². The van der Waals surface area contributed by atoms with Gasteiger partial charge in [0.25, 0.3) is 0 Å². The van der Waals surface area contributed by atoms with Crippen molar-refractivity contribution in [2.24, 2.45) is 0 Å². The van der Waals surface area contributed by atoms with Crippen LogP contribution in [0.4, 0.5) is 0 Å². The summed E-state index contributed by atoms with van der Waals surface area (Å²) in [7, 11) is 1.44. The van der Waals surface area contributed by atoms with E-state index in [1.807, 2.05) is 30.3 Å². The van der Waals surface area contributed by atoms with Crippen LogP contribution in [0, 0.1) is 0 Å². The second-order valence-electron chi connectivity index (χ2n) is 2.85. The maximum atomic E-state index is 10.7. The van der Waals surface area contributed by atoms with Gasteiger partial charge in [-0.3, -0.25) is 0 Å². The molecule has 0 saturated heterocycles. The van der Waals surface area contributed by atoms with Gasteiger partial charge in [-0.05, 0) is 5.56 Å². The predicted octanol–water partition coefficient (Wildman–Crippen LogP) is 1.84. The third-order valence-electron chi connectivity index (χ3n) is 1.77. The van der Waals surface area contributed by atoms with E-state index < -0.39 is 5.97 Å². The molecule has 0 aliphatic carbocycles. The molecule has 0 atom stereocenters. The Bertz CT molecular complexity index is 328. The van der Waals surface area contributed by atoms with Crippen LogP contribution in [0.5, 0.6) is 0 Å². The van der Waals surface area contributed by atoms with E-state index in [0.29, 0.717) is 6.42 Å². The minimum Gasteiger partial charge on any atom is -0.504 e. The normalized spacial score (nSPS) is 11.1. The fourth-order valence-electron chi connectivity index (χ4n) is 1.13. The number of carboxylic acid groups (broad SMARTS) is 1. The largest absolute Gasteiger partial charge is 0.504 e. The molecule has 3 nitrogen and oxygen atoms in total. The van der Waals surface area contributed by atoms with E-state index in [1.165, 1.54) is 13.4 Å². The minimum atomic E-state index is -0.948. The van der Waals surface area contributed by atoms with Gasteiger partial charge in [-0.25, -0.2) is 4.79 Å². The van der Waals surface area contributed by atoms with Crippen molar-refractivity contribution >= 4 is 5.97 Å². The molecule has 0 unspecified atom stereocenters. The van der Waals surface area contributed by atoms with Crippen molar-refractivity contribution in [1.29, 1.82) is 0 Å². The van der Waals surface area contributed by atoms with Crippen LogP contribution in [0.25, 0.3) is 0 Å². The molecule has 0 aliphatic rings. The second kappa shape index (κ2) is 5.07. The quantitative estimate of drug-likeness (QED) is 0.585. The van der Waals surface area contributed by atoms with Gasteiger partial charge in [0, 0.05) is 6.42 Å². The lowest BCUT2D eigenvalue weighted by Crippen LogP contribution is -2.04. The highest BCUT2D eigenvalue weighted by Gasteiger charge is 2.07. The van der Waals surface area contributed by atoms with E-state index in [9.17, 15) is 4.79 Å². The summed E-state index contributed by atoms with van der Waals surface area (Å²) in [5.41, 5.74) is 1.21. The van der Waals surface area contributed by atoms with Gasteiger partial charge in [-0.15, -0.1) is 0 Å². The highest BCUT2D eigenvalue weighted by molar-refractivity contribution is 5.86. The molecule has 1 rings (SSSR count). The lowest BCUT2D eigenvalue weighted by atomic mass is 10.1. The monoisotopic (exact) mass is 192 g/mol. The summed E-state index contributed by atoms with van der Waals surface area (Å²) in [6.45, 7) is 0. The molecule has 0 bridgehead atoms. The third-order valence-corrected chi connectivity index (χ3v) is 1.77. The highest BCUT2D eigenvalue weighted by Crippen LogP contribution is 2.07. The number of ether oxygens (including phenoxy) is 1. The highest BCUT2D eigenvalue weighted by atomic mass is 16.5. The first-order valence-corrected chi connectivity index (χ1v) is 4.23. The lowest BCUT2D eigenvalue weighted by molar-refractivity contribution is -0.132. The maximum absolute atomic E-state index is 10.7. The SMILES string of the molecule is COC=C(Cc1ccccc1)C(=O)O. The molecule has 0 saturated carbocycles. The Kier molecular flexibility index (Phi) is 3.73.